The molecule has 1 aromatic carbocycles. The first-order valence-corrected chi connectivity index (χ1v) is 7.47. The average molecular weight is 259 g/mol. The number of hydrogen-bond acceptors (Lipinski definition) is 3. The highest BCUT2D eigenvalue weighted by molar-refractivity contribution is 5.39. The van der Waals surface area contributed by atoms with E-state index in [0.717, 1.165) is 31.7 Å². The summed E-state index contributed by atoms with van der Waals surface area (Å²) in [5, 5.41) is 9.88. The van der Waals surface area contributed by atoms with Gasteiger partial charge in [0, 0.05) is 30.1 Å². The molecule has 0 spiro atoms. The summed E-state index contributed by atoms with van der Waals surface area (Å²) in [4.78, 5) is 2.64. The maximum atomic E-state index is 9.88. The van der Waals surface area contributed by atoms with Crippen LogP contribution in [0.2, 0.25) is 0 Å². The topological polar surface area (TPSA) is 32.7 Å². The van der Waals surface area contributed by atoms with E-state index in [1.807, 2.05) is 6.07 Å². The minimum Gasteiger partial charge on any atom is -0.493 e. The van der Waals surface area contributed by atoms with Crippen molar-refractivity contribution in [2.75, 3.05) is 13.2 Å². The predicted molar refractivity (Wildman–Crippen MR) is 73.4 cm³/mol. The molecule has 0 aliphatic carbocycles. The van der Waals surface area contributed by atoms with E-state index < -0.39 is 0 Å². The molecule has 0 saturated carbocycles. The molecule has 4 rings (SSSR count). The lowest BCUT2D eigenvalue weighted by atomic mass is 9.95. The zero-order valence-corrected chi connectivity index (χ0v) is 11.2. The molecule has 0 radical (unpaired) electrons. The molecule has 3 atom stereocenters. The molecular formula is C16H21NO2. The van der Waals surface area contributed by atoms with Gasteiger partial charge in [0.2, 0.25) is 0 Å². The van der Waals surface area contributed by atoms with Crippen LogP contribution in [0.1, 0.15) is 37.2 Å². The van der Waals surface area contributed by atoms with Crippen LogP contribution < -0.4 is 4.74 Å². The van der Waals surface area contributed by atoms with E-state index in [-0.39, 0.29) is 6.10 Å². The van der Waals surface area contributed by atoms with Gasteiger partial charge in [-0.05, 0) is 31.7 Å². The van der Waals surface area contributed by atoms with E-state index in [1.54, 1.807) is 0 Å². The van der Waals surface area contributed by atoms with Crippen LogP contribution in [0.5, 0.6) is 5.75 Å². The monoisotopic (exact) mass is 259 g/mol. The van der Waals surface area contributed by atoms with Crippen molar-refractivity contribution in [1.29, 1.82) is 0 Å². The van der Waals surface area contributed by atoms with Gasteiger partial charge in [0.05, 0.1) is 12.7 Å². The number of ether oxygens (including phenoxy) is 1. The molecule has 3 heterocycles. The molecule has 1 N–H and O–H groups in total. The van der Waals surface area contributed by atoms with Gasteiger partial charge in [-0.25, -0.2) is 0 Å². The lowest BCUT2D eigenvalue weighted by Crippen LogP contribution is -2.46. The third-order valence-electron chi connectivity index (χ3n) is 5.09. The molecule has 3 heteroatoms. The van der Waals surface area contributed by atoms with Gasteiger partial charge in [0.25, 0.3) is 0 Å². The maximum absolute atomic E-state index is 9.88. The number of rotatable bonds is 2. The zero-order chi connectivity index (χ0) is 12.8. The summed E-state index contributed by atoms with van der Waals surface area (Å²) in [6.45, 7) is 1.91. The third kappa shape index (κ3) is 1.96. The normalized spacial score (nSPS) is 37.1. The smallest absolute Gasteiger partial charge is 0.122 e. The second kappa shape index (κ2) is 4.50. The lowest BCUT2D eigenvalue weighted by Gasteiger charge is -2.38. The van der Waals surface area contributed by atoms with Crippen LogP contribution in [0, 0.1) is 0 Å². The van der Waals surface area contributed by atoms with E-state index in [1.165, 1.54) is 18.4 Å². The Bertz CT molecular complexity index is 462. The molecule has 2 fully saturated rings. The molecule has 2 bridgehead atoms. The second-order valence-corrected chi connectivity index (χ2v) is 6.25. The van der Waals surface area contributed by atoms with Crippen LogP contribution in [0.4, 0.5) is 0 Å². The number of hydrogen-bond donors (Lipinski definition) is 1. The van der Waals surface area contributed by atoms with E-state index >= 15 is 0 Å². The van der Waals surface area contributed by atoms with Crippen molar-refractivity contribution in [1.82, 2.24) is 4.90 Å². The van der Waals surface area contributed by atoms with Crippen LogP contribution >= 0.6 is 0 Å². The molecule has 3 aliphatic rings. The Morgan fingerprint density at radius 3 is 2.68 bits per heavy atom. The van der Waals surface area contributed by atoms with Gasteiger partial charge >= 0.3 is 0 Å². The highest BCUT2D eigenvalue weighted by Gasteiger charge is 2.41. The first-order valence-electron chi connectivity index (χ1n) is 7.47. The fourth-order valence-electron chi connectivity index (χ4n) is 4.18. The number of aliphatic hydroxyl groups is 1. The zero-order valence-electron chi connectivity index (χ0n) is 11.2. The maximum Gasteiger partial charge on any atom is 0.122 e. The summed E-state index contributed by atoms with van der Waals surface area (Å²) >= 11 is 0. The largest absolute Gasteiger partial charge is 0.493 e. The van der Waals surface area contributed by atoms with Crippen molar-refractivity contribution >= 4 is 0 Å². The summed E-state index contributed by atoms with van der Waals surface area (Å²) in [6, 6.07) is 9.62. The molecule has 2 saturated heterocycles. The predicted octanol–water partition coefficient (Wildman–Crippen LogP) is 2.15. The van der Waals surface area contributed by atoms with Gasteiger partial charge in [0.1, 0.15) is 5.75 Å². The molecule has 0 aromatic heterocycles. The van der Waals surface area contributed by atoms with E-state index in [2.05, 4.69) is 23.1 Å². The van der Waals surface area contributed by atoms with Crippen LogP contribution in [-0.4, -0.2) is 41.3 Å². The number of nitrogens with zero attached hydrogens (tertiary/aromatic N) is 1. The van der Waals surface area contributed by atoms with Crippen LogP contribution in [0.25, 0.3) is 0 Å². The molecular weight excluding hydrogens is 238 g/mol. The Kier molecular flexibility index (Phi) is 2.78. The van der Waals surface area contributed by atoms with Gasteiger partial charge in [-0.2, -0.15) is 0 Å². The molecule has 1 aromatic rings. The Hall–Kier alpha value is -1.06. The lowest BCUT2D eigenvalue weighted by molar-refractivity contribution is 0.0311. The van der Waals surface area contributed by atoms with Crippen molar-refractivity contribution in [3.8, 4) is 5.75 Å². The van der Waals surface area contributed by atoms with Gasteiger partial charge in [-0.1, -0.05) is 18.2 Å². The van der Waals surface area contributed by atoms with E-state index in [0.29, 0.717) is 18.0 Å². The minimum atomic E-state index is -0.0686. The highest BCUT2D eigenvalue weighted by atomic mass is 16.5. The van der Waals surface area contributed by atoms with Crippen LogP contribution in [0.3, 0.4) is 0 Å². The number of piperidine rings is 1. The molecule has 19 heavy (non-hydrogen) atoms. The van der Waals surface area contributed by atoms with Gasteiger partial charge in [0.15, 0.2) is 0 Å². The Morgan fingerprint density at radius 1 is 1.16 bits per heavy atom. The summed E-state index contributed by atoms with van der Waals surface area (Å²) in [5.41, 5.74) is 1.37. The first kappa shape index (κ1) is 11.7. The second-order valence-electron chi connectivity index (χ2n) is 6.25. The summed E-state index contributed by atoms with van der Waals surface area (Å²) in [6.07, 6.45) is 4.38. The standard InChI is InChI=1S/C16H21NO2/c18-14-7-12-5-6-13(8-14)17(12)9-11-10-19-16-4-2-1-3-15(11)16/h1-4,11-14,18H,5-10H2. The van der Waals surface area contributed by atoms with Gasteiger partial charge < -0.3 is 9.84 Å². The highest BCUT2D eigenvalue weighted by Crippen LogP contribution is 2.40. The molecule has 3 aliphatic heterocycles. The summed E-state index contributed by atoms with van der Waals surface area (Å²) in [7, 11) is 0. The molecule has 3 nitrogen and oxygen atoms in total. The summed E-state index contributed by atoms with van der Waals surface area (Å²) < 4.78 is 5.79. The number of benzene rings is 1. The first-order chi connectivity index (χ1) is 9.31. The van der Waals surface area contributed by atoms with Crippen molar-refractivity contribution in [3.05, 3.63) is 29.8 Å². The van der Waals surface area contributed by atoms with Gasteiger partial charge in [-0.3, -0.25) is 4.90 Å². The van der Waals surface area contributed by atoms with Crippen molar-refractivity contribution in [3.63, 3.8) is 0 Å². The summed E-state index contributed by atoms with van der Waals surface area (Å²) in [5.74, 6) is 1.58. The number of para-hydroxylation sites is 1. The van der Waals surface area contributed by atoms with Crippen LogP contribution in [-0.2, 0) is 0 Å². The fraction of sp³-hybridized carbons (Fsp3) is 0.625. The fourth-order valence-corrected chi connectivity index (χ4v) is 4.18. The van der Waals surface area contributed by atoms with Crippen molar-refractivity contribution in [2.24, 2.45) is 0 Å². The third-order valence-corrected chi connectivity index (χ3v) is 5.09. The Morgan fingerprint density at radius 2 is 1.89 bits per heavy atom. The molecule has 0 amide bonds. The van der Waals surface area contributed by atoms with Crippen LogP contribution in [0.15, 0.2) is 24.3 Å². The number of fused-ring (bicyclic) bond motifs is 3. The van der Waals surface area contributed by atoms with Crippen molar-refractivity contribution < 1.29 is 9.84 Å². The van der Waals surface area contributed by atoms with E-state index in [9.17, 15) is 5.11 Å². The SMILES string of the molecule is OC1CC2CCC(C1)N2CC1COc2ccccc21. The quantitative estimate of drug-likeness (QED) is 0.883. The van der Waals surface area contributed by atoms with Crippen molar-refractivity contribution in [2.45, 2.75) is 49.8 Å². The number of aliphatic hydroxyl groups excluding tert-OH is 1. The molecule has 102 valence electrons. The van der Waals surface area contributed by atoms with Gasteiger partial charge in [-0.15, -0.1) is 0 Å². The molecule has 3 unspecified atom stereocenters. The minimum absolute atomic E-state index is 0.0686. The Labute approximate surface area is 114 Å². The Balaban J connectivity index is 1.51. The average Bonchev–Trinajstić information content (AvgIpc) is 2.92. The van der Waals surface area contributed by atoms with E-state index in [4.69, 9.17) is 4.74 Å².